The number of nitrogens with one attached hydrogen (secondary N) is 2. The number of carbonyl (C=O) groups is 1. The summed E-state index contributed by atoms with van der Waals surface area (Å²) in [6.45, 7) is 0.268. The van der Waals surface area contributed by atoms with E-state index in [1.807, 2.05) is 24.3 Å². The molecule has 0 atom stereocenters. The SMILES string of the molecule is COc1cc(CNC(=O)C#Cc2cn(Cc3ccc(-c4cnco4)cc3)c(=O)[nH]c2=O)ccc1F. The quantitative estimate of drug-likeness (QED) is 0.413. The van der Waals surface area contributed by atoms with Gasteiger partial charge in [-0.1, -0.05) is 30.3 Å². The van der Waals surface area contributed by atoms with E-state index in [9.17, 15) is 18.8 Å². The van der Waals surface area contributed by atoms with Crippen molar-refractivity contribution in [2.45, 2.75) is 13.1 Å². The van der Waals surface area contributed by atoms with Gasteiger partial charge < -0.3 is 14.5 Å². The van der Waals surface area contributed by atoms with Gasteiger partial charge in [0.05, 0.1) is 19.9 Å². The molecule has 9 nitrogen and oxygen atoms in total. The van der Waals surface area contributed by atoms with Gasteiger partial charge in [0.2, 0.25) is 0 Å². The number of nitrogens with zero attached hydrogens (tertiary/aromatic N) is 2. The molecule has 1 amide bonds. The molecule has 0 unspecified atom stereocenters. The van der Waals surface area contributed by atoms with Crippen molar-refractivity contribution in [3.8, 4) is 28.9 Å². The molecular weight excluding hydrogens is 455 g/mol. The highest BCUT2D eigenvalue weighted by Crippen LogP contribution is 2.19. The fourth-order valence-electron chi connectivity index (χ4n) is 3.21. The Bertz CT molecular complexity index is 1530. The van der Waals surface area contributed by atoms with Crippen molar-refractivity contribution in [2.24, 2.45) is 0 Å². The van der Waals surface area contributed by atoms with Crippen LogP contribution in [-0.2, 0) is 17.9 Å². The zero-order valence-corrected chi connectivity index (χ0v) is 18.5. The van der Waals surface area contributed by atoms with Crippen molar-refractivity contribution in [1.29, 1.82) is 0 Å². The summed E-state index contributed by atoms with van der Waals surface area (Å²) in [4.78, 5) is 42.6. The summed E-state index contributed by atoms with van der Waals surface area (Å²) in [7, 11) is 1.34. The fourth-order valence-corrected chi connectivity index (χ4v) is 3.21. The Balaban J connectivity index is 1.45. The fraction of sp³-hybridized carbons (Fsp3) is 0.120. The van der Waals surface area contributed by atoms with E-state index in [1.54, 1.807) is 6.20 Å². The number of rotatable bonds is 6. The monoisotopic (exact) mass is 474 g/mol. The van der Waals surface area contributed by atoms with E-state index in [0.717, 1.165) is 11.1 Å². The number of aromatic nitrogens is 3. The first-order valence-corrected chi connectivity index (χ1v) is 10.4. The van der Waals surface area contributed by atoms with Crippen LogP contribution in [-0.4, -0.2) is 27.6 Å². The third-order valence-corrected chi connectivity index (χ3v) is 5.01. The zero-order chi connectivity index (χ0) is 24.8. The van der Waals surface area contributed by atoms with Crippen molar-refractivity contribution >= 4 is 5.91 Å². The standard InChI is InChI=1S/C25H19FN4O5/c1-34-21-10-17(4-8-20(21)26)11-28-23(31)9-7-19-14-30(25(33)29-24(19)32)13-16-2-5-18(6-3-16)22-12-27-15-35-22/h2-6,8,10,12,14-15H,11,13H2,1H3,(H,28,31)(H,29,32,33). The predicted molar refractivity (Wildman–Crippen MR) is 124 cm³/mol. The van der Waals surface area contributed by atoms with Crippen LogP contribution in [0.25, 0.3) is 11.3 Å². The Hall–Kier alpha value is -4.91. The predicted octanol–water partition coefficient (Wildman–Crippen LogP) is 2.06. The van der Waals surface area contributed by atoms with Gasteiger partial charge in [-0.15, -0.1) is 0 Å². The molecule has 4 rings (SSSR count). The van der Waals surface area contributed by atoms with E-state index < -0.39 is 23.0 Å². The second-order valence-corrected chi connectivity index (χ2v) is 7.39. The molecule has 0 bridgehead atoms. The maximum Gasteiger partial charge on any atom is 0.328 e. The van der Waals surface area contributed by atoms with Crippen LogP contribution >= 0.6 is 0 Å². The molecule has 0 saturated carbocycles. The minimum absolute atomic E-state index is 0.0403. The molecule has 0 aliphatic heterocycles. The third-order valence-electron chi connectivity index (χ3n) is 5.01. The lowest BCUT2D eigenvalue weighted by Crippen LogP contribution is -2.31. The summed E-state index contributed by atoms with van der Waals surface area (Å²) >= 11 is 0. The van der Waals surface area contributed by atoms with E-state index in [4.69, 9.17) is 9.15 Å². The van der Waals surface area contributed by atoms with Gasteiger partial charge >= 0.3 is 5.69 Å². The minimum atomic E-state index is -0.699. The lowest BCUT2D eigenvalue weighted by molar-refractivity contribution is -0.115. The second kappa shape index (κ2) is 10.4. The molecule has 0 spiro atoms. The zero-order valence-electron chi connectivity index (χ0n) is 18.5. The number of halogens is 1. The van der Waals surface area contributed by atoms with E-state index in [2.05, 4.69) is 27.1 Å². The van der Waals surface area contributed by atoms with Gasteiger partial charge in [0, 0.05) is 24.2 Å². The van der Waals surface area contributed by atoms with Crippen molar-refractivity contribution in [2.75, 3.05) is 7.11 Å². The lowest BCUT2D eigenvalue weighted by Gasteiger charge is -2.06. The van der Waals surface area contributed by atoms with E-state index >= 15 is 0 Å². The first-order valence-electron chi connectivity index (χ1n) is 10.4. The van der Waals surface area contributed by atoms with Gasteiger partial charge in [0.15, 0.2) is 23.7 Å². The van der Waals surface area contributed by atoms with Crippen molar-refractivity contribution in [1.82, 2.24) is 19.9 Å². The van der Waals surface area contributed by atoms with Gasteiger partial charge in [-0.3, -0.25) is 19.1 Å². The van der Waals surface area contributed by atoms with Crippen LogP contribution in [0.4, 0.5) is 4.39 Å². The normalized spacial score (nSPS) is 10.3. The third kappa shape index (κ3) is 5.72. The Labute approximate surface area is 198 Å². The molecule has 0 saturated heterocycles. The van der Waals surface area contributed by atoms with Gasteiger partial charge in [0.25, 0.3) is 11.5 Å². The van der Waals surface area contributed by atoms with E-state index in [0.29, 0.717) is 11.3 Å². The first kappa shape index (κ1) is 23.3. The second-order valence-electron chi connectivity index (χ2n) is 7.39. The van der Waals surface area contributed by atoms with Crippen molar-refractivity contribution in [3.05, 3.63) is 105 Å². The van der Waals surface area contributed by atoms with Crippen LogP contribution in [0.15, 0.2) is 75.3 Å². The molecule has 2 aromatic heterocycles. The number of amides is 1. The summed E-state index contributed by atoms with van der Waals surface area (Å²) in [5.74, 6) is 4.34. The highest BCUT2D eigenvalue weighted by Gasteiger charge is 2.07. The summed E-state index contributed by atoms with van der Waals surface area (Å²) in [6, 6.07) is 11.5. The molecule has 2 heterocycles. The van der Waals surface area contributed by atoms with E-state index in [1.165, 1.54) is 42.5 Å². The Morgan fingerprint density at radius 2 is 1.97 bits per heavy atom. The Kier molecular flexibility index (Phi) is 6.88. The first-order chi connectivity index (χ1) is 16.9. The molecular formula is C25H19FN4O5. The molecule has 35 heavy (non-hydrogen) atoms. The van der Waals surface area contributed by atoms with Gasteiger partial charge in [-0.2, -0.15) is 0 Å². The average molecular weight is 474 g/mol. The van der Waals surface area contributed by atoms with Gasteiger partial charge in [-0.05, 0) is 29.2 Å². The molecule has 0 aliphatic rings. The largest absolute Gasteiger partial charge is 0.494 e. The maximum atomic E-state index is 13.5. The Morgan fingerprint density at radius 1 is 1.20 bits per heavy atom. The highest BCUT2D eigenvalue weighted by molar-refractivity contribution is 5.93. The number of oxazole rings is 1. The summed E-state index contributed by atoms with van der Waals surface area (Å²) in [5, 5.41) is 2.56. The van der Waals surface area contributed by atoms with Gasteiger partial charge in [-0.25, -0.2) is 14.2 Å². The van der Waals surface area contributed by atoms with Crippen LogP contribution < -0.4 is 21.3 Å². The molecule has 4 aromatic rings. The van der Waals surface area contributed by atoms with Crippen LogP contribution in [0, 0.1) is 17.7 Å². The Morgan fingerprint density at radius 3 is 2.69 bits per heavy atom. The number of methoxy groups -OCH3 is 1. The summed E-state index contributed by atoms with van der Waals surface area (Å²) in [6.07, 6.45) is 4.24. The maximum absolute atomic E-state index is 13.5. The molecule has 10 heteroatoms. The molecule has 2 aromatic carbocycles. The number of hydrogen-bond donors (Lipinski definition) is 2. The molecule has 0 radical (unpaired) electrons. The summed E-state index contributed by atoms with van der Waals surface area (Å²) in [5.41, 5.74) is 0.899. The molecule has 0 fully saturated rings. The van der Waals surface area contributed by atoms with Crippen molar-refractivity contribution < 1.29 is 18.3 Å². The number of hydrogen-bond acceptors (Lipinski definition) is 6. The topological polar surface area (TPSA) is 119 Å². The molecule has 2 N–H and O–H groups in total. The van der Waals surface area contributed by atoms with Crippen molar-refractivity contribution in [3.63, 3.8) is 0 Å². The summed E-state index contributed by atoms with van der Waals surface area (Å²) < 4.78 is 24.9. The number of benzene rings is 2. The minimum Gasteiger partial charge on any atom is -0.494 e. The molecule has 176 valence electrons. The van der Waals surface area contributed by atoms with Crippen LogP contribution in [0.1, 0.15) is 16.7 Å². The average Bonchev–Trinajstić information content (AvgIpc) is 3.40. The number of aromatic amines is 1. The number of carbonyl (C=O) groups excluding carboxylic acids is 1. The smallest absolute Gasteiger partial charge is 0.328 e. The highest BCUT2D eigenvalue weighted by atomic mass is 19.1. The van der Waals surface area contributed by atoms with E-state index in [-0.39, 0.29) is 24.4 Å². The lowest BCUT2D eigenvalue weighted by atomic mass is 10.1. The number of H-pyrrole nitrogens is 1. The van der Waals surface area contributed by atoms with Crippen LogP contribution in [0.2, 0.25) is 0 Å². The number of ether oxygens (including phenoxy) is 1. The van der Waals surface area contributed by atoms with Gasteiger partial charge in [0.1, 0.15) is 5.56 Å². The van der Waals surface area contributed by atoms with Crippen LogP contribution in [0.3, 0.4) is 0 Å². The van der Waals surface area contributed by atoms with Crippen LogP contribution in [0.5, 0.6) is 5.75 Å². The molecule has 0 aliphatic carbocycles.